The zero-order valence-corrected chi connectivity index (χ0v) is 10.6. The lowest BCUT2D eigenvalue weighted by atomic mass is 9.51. The highest BCUT2D eigenvalue weighted by molar-refractivity contribution is 5.67. The van der Waals surface area contributed by atoms with Crippen molar-refractivity contribution >= 4 is 5.97 Å². The molecule has 0 aromatic carbocycles. The third-order valence-corrected chi connectivity index (χ3v) is 4.92. The third-order valence-electron chi connectivity index (χ3n) is 4.92. The fourth-order valence-electron chi connectivity index (χ4n) is 4.10. The van der Waals surface area contributed by atoms with E-state index in [0.29, 0.717) is 11.8 Å². The number of carboxylic acid groups (broad SMARTS) is 1. The predicted molar refractivity (Wildman–Crippen MR) is 64.3 cm³/mol. The van der Waals surface area contributed by atoms with Gasteiger partial charge in [0.05, 0.1) is 6.42 Å². The Labute approximate surface area is 98.4 Å². The van der Waals surface area contributed by atoms with Gasteiger partial charge in [0, 0.05) is 0 Å². The number of aliphatic carboxylic acids is 1. The second-order valence-corrected chi connectivity index (χ2v) is 6.67. The van der Waals surface area contributed by atoms with E-state index >= 15 is 0 Å². The first-order valence-electron chi connectivity index (χ1n) is 6.67. The lowest BCUT2D eigenvalue weighted by Gasteiger charge is -2.54. The molecule has 3 saturated carbocycles. The molecule has 0 atom stereocenters. The van der Waals surface area contributed by atoms with E-state index in [-0.39, 0.29) is 5.41 Å². The van der Waals surface area contributed by atoms with E-state index in [1.165, 1.54) is 25.7 Å². The van der Waals surface area contributed by atoms with Gasteiger partial charge in [0.2, 0.25) is 0 Å². The number of hydrogen-bond acceptors (Lipinski definition) is 1. The number of carbonyl (C=O) groups is 1. The molecule has 0 heterocycles. The largest absolute Gasteiger partial charge is 0.481 e. The van der Waals surface area contributed by atoms with Crippen molar-refractivity contribution in [1.29, 1.82) is 0 Å². The number of rotatable bonds is 4. The van der Waals surface area contributed by atoms with Crippen molar-refractivity contribution in [2.75, 3.05) is 0 Å². The van der Waals surface area contributed by atoms with Crippen LogP contribution in [0.15, 0.2) is 0 Å². The number of hydrogen-bond donors (Lipinski definition) is 1. The van der Waals surface area contributed by atoms with Crippen LogP contribution >= 0.6 is 0 Å². The molecule has 16 heavy (non-hydrogen) atoms. The molecule has 0 unspecified atom stereocenters. The predicted octanol–water partition coefficient (Wildman–Crippen LogP) is 3.85. The minimum absolute atomic E-state index is 0.171. The molecule has 3 fully saturated rings. The lowest BCUT2D eigenvalue weighted by Crippen LogP contribution is -2.43. The van der Waals surface area contributed by atoms with E-state index in [1.807, 2.05) is 0 Å². The molecule has 92 valence electrons. The molecule has 3 aliphatic carbocycles. The summed E-state index contributed by atoms with van der Waals surface area (Å²) in [5.41, 5.74) is 0.749. The molecule has 3 rings (SSSR count). The number of fused-ring (bicyclic) bond motifs is 3. The SMILES string of the molecule is CC(C)CC12CCC(CC(=O)O)(CC1)CC2. The van der Waals surface area contributed by atoms with Gasteiger partial charge in [-0.3, -0.25) is 4.79 Å². The average Bonchev–Trinajstić information content (AvgIpc) is 2.18. The zero-order valence-electron chi connectivity index (χ0n) is 10.6. The van der Waals surface area contributed by atoms with E-state index < -0.39 is 5.97 Å². The highest BCUT2D eigenvalue weighted by atomic mass is 16.4. The molecule has 3 aliphatic rings. The first-order valence-corrected chi connectivity index (χ1v) is 6.67. The van der Waals surface area contributed by atoms with E-state index in [0.717, 1.165) is 25.2 Å². The van der Waals surface area contributed by atoms with Gasteiger partial charge in [0.15, 0.2) is 0 Å². The van der Waals surface area contributed by atoms with Crippen LogP contribution in [0.25, 0.3) is 0 Å². The van der Waals surface area contributed by atoms with Crippen LogP contribution in [0.3, 0.4) is 0 Å². The summed E-state index contributed by atoms with van der Waals surface area (Å²) in [5, 5.41) is 8.99. The second-order valence-electron chi connectivity index (χ2n) is 6.67. The molecule has 0 spiro atoms. The standard InChI is InChI=1S/C14H24O2/c1-11(2)9-13-3-6-14(7-4-13,8-5-13)10-12(15)16/h11H,3-10H2,1-2H3,(H,15,16). The molecule has 0 saturated heterocycles. The number of carboxylic acids is 1. The van der Waals surface area contributed by atoms with Gasteiger partial charge in [0.25, 0.3) is 0 Å². The fraction of sp³-hybridized carbons (Fsp3) is 0.929. The van der Waals surface area contributed by atoms with Crippen LogP contribution in [0.5, 0.6) is 0 Å². The maximum atomic E-state index is 10.9. The maximum Gasteiger partial charge on any atom is 0.303 e. The normalized spacial score (nSPS) is 37.9. The van der Waals surface area contributed by atoms with Gasteiger partial charge in [-0.2, -0.15) is 0 Å². The van der Waals surface area contributed by atoms with Gasteiger partial charge in [-0.05, 0) is 61.7 Å². The van der Waals surface area contributed by atoms with Crippen LogP contribution in [0, 0.1) is 16.7 Å². The molecule has 0 radical (unpaired) electrons. The second kappa shape index (κ2) is 4.05. The highest BCUT2D eigenvalue weighted by Crippen LogP contribution is 2.60. The summed E-state index contributed by atoms with van der Waals surface area (Å²) < 4.78 is 0. The van der Waals surface area contributed by atoms with Gasteiger partial charge in [-0.15, -0.1) is 0 Å². The Morgan fingerprint density at radius 2 is 1.50 bits per heavy atom. The van der Waals surface area contributed by atoms with Crippen LogP contribution in [0.4, 0.5) is 0 Å². The Hall–Kier alpha value is -0.530. The summed E-state index contributed by atoms with van der Waals surface area (Å²) in [7, 11) is 0. The molecule has 2 heteroatoms. The summed E-state index contributed by atoms with van der Waals surface area (Å²) in [6.45, 7) is 4.62. The average molecular weight is 224 g/mol. The van der Waals surface area contributed by atoms with Crippen molar-refractivity contribution < 1.29 is 9.90 Å². The van der Waals surface area contributed by atoms with Gasteiger partial charge in [-0.1, -0.05) is 13.8 Å². The monoisotopic (exact) mass is 224 g/mol. The van der Waals surface area contributed by atoms with Crippen molar-refractivity contribution in [3.05, 3.63) is 0 Å². The van der Waals surface area contributed by atoms with E-state index in [1.54, 1.807) is 0 Å². The van der Waals surface area contributed by atoms with Gasteiger partial charge < -0.3 is 5.11 Å². The van der Waals surface area contributed by atoms with Crippen molar-refractivity contribution in [3.8, 4) is 0 Å². The Kier molecular flexibility index (Phi) is 3.02. The fourth-order valence-corrected chi connectivity index (χ4v) is 4.10. The molecule has 1 N–H and O–H groups in total. The minimum Gasteiger partial charge on any atom is -0.481 e. The molecule has 0 aromatic heterocycles. The summed E-state index contributed by atoms with van der Waals surface area (Å²) in [4.78, 5) is 10.9. The van der Waals surface area contributed by atoms with E-state index in [4.69, 9.17) is 5.11 Å². The minimum atomic E-state index is -0.599. The summed E-state index contributed by atoms with van der Waals surface area (Å²) in [5.74, 6) is 0.184. The highest BCUT2D eigenvalue weighted by Gasteiger charge is 2.49. The molecular formula is C14H24O2. The van der Waals surface area contributed by atoms with Gasteiger partial charge >= 0.3 is 5.97 Å². The Balaban J connectivity index is 2.00. The van der Waals surface area contributed by atoms with Crippen LogP contribution < -0.4 is 0 Å². The third kappa shape index (κ3) is 2.26. The molecule has 0 aliphatic heterocycles. The van der Waals surface area contributed by atoms with Crippen LogP contribution in [0.2, 0.25) is 0 Å². The Morgan fingerprint density at radius 3 is 1.88 bits per heavy atom. The van der Waals surface area contributed by atoms with Crippen LogP contribution in [0.1, 0.15) is 65.2 Å². The maximum absolute atomic E-state index is 10.9. The van der Waals surface area contributed by atoms with E-state index in [9.17, 15) is 4.79 Å². The van der Waals surface area contributed by atoms with Crippen molar-refractivity contribution in [1.82, 2.24) is 0 Å². The topological polar surface area (TPSA) is 37.3 Å². The van der Waals surface area contributed by atoms with Crippen LogP contribution in [-0.2, 0) is 4.79 Å². The summed E-state index contributed by atoms with van der Waals surface area (Å²) in [6.07, 6.45) is 9.06. The Bertz CT molecular complexity index is 256. The molecule has 0 aromatic rings. The molecule has 0 amide bonds. The smallest absolute Gasteiger partial charge is 0.303 e. The van der Waals surface area contributed by atoms with Crippen molar-refractivity contribution in [3.63, 3.8) is 0 Å². The van der Waals surface area contributed by atoms with Crippen LogP contribution in [-0.4, -0.2) is 11.1 Å². The lowest BCUT2D eigenvalue weighted by molar-refractivity contribution is -0.143. The first-order chi connectivity index (χ1) is 7.45. The van der Waals surface area contributed by atoms with E-state index in [2.05, 4.69) is 13.8 Å². The molecule has 2 bridgehead atoms. The quantitative estimate of drug-likeness (QED) is 0.787. The molecular weight excluding hydrogens is 200 g/mol. The zero-order chi connectivity index (χ0) is 11.8. The summed E-state index contributed by atoms with van der Waals surface area (Å²) >= 11 is 0. The van der Waals surface area contributed by atoms with Gasteiger partial charge in [0.1, 0.15) is 0 Å². The van der Waals surface area contributed by atoms with Crippen molar-refractivity contribution in [2.45, 2.75) is 65.2 Å². The van der Waals surface area contributed by atoms with Crippen molar-refractivity contribution in [2.24, 2.45) is 16.7 Å². The first kappa shape index (κ1) is 11.9. The summed E-state index contributed by atoms with van der Waals surface area (Å²) in [6, 6.07) is 0. The Morgan fingerprint density at radius 1 is 1.06 bits per heavy atom. The molecule has 2 nitrogen and oxygen atoms in total. The van der Waals surface area contributed by atoms with Gasteiger partial charge in [-0.25, -0.2) is 0 Å².